The summed E-state index contributed by atoms with van der Waals surface area (Å²) in [6.07, 6.45) is 19.3. The van der Waals surface area contributed by atoms with Crippen LogP contribution in [0.25, 0.3) is 0 Å². The molecule has 0 aliphatic carbocycles. The predicted octanol–water partition coefficient (Wildman–Crippen LogP) is 6.81. The molecule has 2 heterocycles. The maximum absolute atomic E-state index is 4.76. The van der Waals surface area contributed by atoms with E-state index in [-0.39, 0.29) is 0 Å². The summed E-state index contributed by atoms with van der Waals surface area (Å²) in [4.78, 5) is 2.69. The lowest BCUT2D eigenvalue weighted by Gasteiger charge is -2.32. The zero-order chi connectivity index (χ0) is 19.5. The zero-order valence-electron chi connectivity index (χ0n) is 18.6. The van der Waals surface area contributed by atoms with Crippen molar-refractivity contribution in [3.8, 4) is 0 Å². The van der Waals surface area contributed by atoms with Gasteiger partial charge in [0.15, 0.2) is 0 Å². The van der Waals surface area contributed by atoms with Crippen LogP contribution in [0, 0.1) is 5.92 Å². The first-order valence-electron chi connectivity index (χ1n) is 11.9. The van der Waals surface area contributed by atoms with Gasteiger partial charge in [0.05, 0.1) is 12.2 Å². The third kappa shape index (κ3) is 7.97. The number of hydrogen-bond acceptors (Lipinski definition) is 2. The molecule has 0 aromatic carbocycles. The minimum Gasteiger partial charge on any atom is -0.301 e. The number of nitrogens with zero attached hydrogens (tertiary/aromatic N) is 3. The molecule has 2 rings (SSSR count). The van der Waals surface area contributed by atoms with Gasteiger partial charge in [-0.15, -0.1) is 0 Å². The van der Waals surface area contributed by atoms with Crippen molar-refractivity contribution < 1.29 is 0 Å². The second kappa shape index (κ2) is 12.6. The molecule has 156 valence electrons. The fraction of sp³-hybridized carbons (Fsp3) is 0.875. The average molecular weight is 376 g/mol. The summed E-state index contributed by atoms with van der Waals surface area (Å²) in [5.41, 5.74) is 1.46. The highest BCUT2D eigenvalue weighted by Gasteiger charge is 2.22. The summed E-state index contributed by atoms with van der Waals surface area (Å²) in [5, 5.41) is 4.76. The number of rotatable bonds is 13. The van der Waals surface area contributed by atoms with Crippen LogP contribution in [0.4, 0.5) is 0 Å². The maximum atomic E-state index is 4.76. The van der Waals surface area contributed by atoms with E-state index >= 15 is 0 Å². The highest BCUT2D eigenvalue weighted by Crippen LogP contribution is 2.27. The SMILES string of the molecule is CCCC(CC)c1cnn(C2CCCN(CCCCCCCC(C)C)C2)c1. The van der Waals surface area contributed by atoms with E-state index in [1.807, 2.05) is 0 Å². The van der Waals surface area contributed by atoms with Gasteiger partial charge in [0, 0.05) is 12.7 Å². The second-order valence-electron chi connectivity index (χ2n) is 9.19. The topological polar surface area (TPSA) is 21.1 Å². The third-order valence-corrected chi connectivity index (χ3v) is 6.33. The molecule has 0 spiro atoms. The van der Waals surface area contributed by atoms with Gasteiger partial charge in [-0.3, -0.25) is 4.68 Å². The van der Waals surface area contributed by atoms with E-state index in [1.54, 1.807) is 0 Å². The Kier molecular flexibility index (Phi) is 10.5. The molecule has 27 heavy (non-hydrogen) atoms. The molecule has 0 amide bonds. The van der Waals surface area contributed by atoms with Gasteiger partial charge in [-0.2, -0.15) is 5.10 Å². The van der Waals surface area contributed by atoms with Gasteiger partial charge in [0.2, 0.25) is 0 Å². The number of unbranched alkanes of at least 4 members (excludes halogenated alkanes) is 4. The summed E-state index contributed by atoms with van der Waals surface area (Å²) in [6.45, 7) is 13.0. The lowest BCUT2D eigenvalue weighted by Crippen LogP contribution is -2.37. The minimum atomic E-state index is 0.581. The van der Waals surface area contributed by atoms with Gasteiger partial charge >= 0.3 is 0 Å². The van der Waals surface area contributed by atoms with Crippen molar-refractivity contribution in [3.63, 3.8) is 0 Å². The fourth-order valence-corrected chi connectivity index (χ4v) is 4.59. The van der Waals surface area contributed by atoms with Gasteiger partial charge in [-0.05, 0) is 62.6 Å². The lowest BCUT2D eigenvalue weighted by atomic mass is 9.95. The van der Waals surface area contributed by atoms with Gasteiger partial charge in [-0.1, -0.05) is 66.2 Å². The van der Waals surface area contributed by atoms with Crippen molar-refractivity contribution in [3.05, 3.63) is 18.0 Å². The van der Waals surface area contributed by atoms with Crippen molar-refractivity contribution in [2.24, 2.45) is 5.92 Å². The predicted molar refractivity (Wildman–Crippen MR) is 117 cm³/mol. The van der Waals surface area contributed by atoms with E-state index in [1.165, 1.54) is 95.8 Å². The third-order valence-electron chi connectivity index (χ3n) is 6.33. The van der Waals surface area contributed by atoms with Crippen LogP contribution < -0.4 is 0 Å². The van der Waals surface area contributed by atoms with Crippen LogP contribution in [-0.4, -0.2) is 34.3 Å². The van der Waals surface area contributed by atoms with E-state index in [4.69, 9.17) is 5.10 Å². The number of aromatic nitrogens is 2. The van der Waals surface area contributed by atoms with Crippen LogP contribution >= 0.6 is 0 Å². The molecule has 1 aliphatic rings. The largest absolute Gasteiger partial charge is 0.301 e. The summed E-state index contributed by atoms with van der Waals surface area (Å²) >= 11 is 0. The van der Waals surface area contributed by atoms with Crippen molar-refractivity contribution in [1.82, 2.24) is 14.7 Å². The number of hydrogen-bond donors (Lipinski definition) is 0. The number of likely N-dealkylation sites (tertiary alicyclic amines) is 1. The first kappa shape index (κ1) is 22.5. The fourth-order valence-electron chi connectivity index (χ4n) is 4.59. The Morgan fingerprint density at radius 2 is 1.85 bits per heavy atom. The second-order valence-corrected chi connectivity index (χ2v) is 9.19. The molecule has 3 heteroatoms. The number of piperidine rings is 1. The van der Waals surface area contributed by atoms with E-state index in [9.17, 15) is 0 Å². The minimum absolute atomic E-state index is 0.581. The Balaban J connectivity index is 1.70. The van der Waals surface area contributed by atoms with Gasteiger partial charge < -0.3 is 4.90 Å². The average Bonchev–Trinajstić information content (AvgIpc) is 3.15. The van der Waals surface area contributed by atoms with Gasteiger partial charge in [-0.25, -0.2) is 0 Å². The van der Waals surface area contributed by atoms with Crippen molar-refractivity contribution in [2.75, 3.05) is 19.6 Å². The summed E-state index contributed by atoms with van der Waals surface area (Å²) in [6, 6.07) is 0.581. The molecule has 1 aromatic rings. The van der Waals surface area contributed by atoms with E-state index in [0.717, 1.165) is 5.92 Å². The van der Waals surface area contributed by atoms with Crippen LogP contribution in [-0.2, 0) is 0 Å². The lowest BCUT2D eigenvalue weighted by molar-refractivity contribution is 0.167. The molecule has 1 fully saturated rings. The molecule has 0 saturated carbocycles. The molecule has 3 nitrogen and oxygen atoms in total. The highest BCUT2D eigenvalue weighted by molar-refractivity contribution is 5.11. The quantitative estimate of drug-likeness (QED) is 0.353. The Morgan fingerprint density at radius 1 is 1.07 bits per heavy atom. The Hall–Kier alpha value is -0.830. The zero-order valence-corrected chi connectivity index (χ0v) is 18.6. The van der Waals surface area contributed by atoms with E-state index in [2.05, 4.69) is 49.7 Å². The molecular formula is C24H45N3. The van der Waals surface area contributed by atoms with Crippen LogP contribution in [0.5, 0.6) is 0 Å². The smallest absolute Gasteiger partial charge is 0.0646 e. The molecule has 2 atom stereocenters. The summed E-state index contributed by atoms with van der Waals surface area (Å²) in [7, 11) is 0. The van der Waals surface area contributed by atoms with Crippen molar-refractivity contribution in [1.29, 1.82) is 0 Å². The monoisotopic (exact) mass is 375 g/mol. The van der Waals surface area contributed by atoms with Crippen LogP contribution in [0.15, 0.2) is 12.4 Å². The maximum Gasteiger partial charge on any atom is 0.0646 e. The Morgan fingerprint density at radius 3 is 2.59 bits per heavy atom. The van der Waals surface area contributed by atoms with Gasteiger partial charge in [0.25, 0.3) is 0 Å². The molecule has 0 bridgehead atoms. The van der Waals surface area contributed by atoms with E-state index in [0.29, 0.717) is 12.0 Å². The van der Waals surface area contributed by atoms with Crippen molar-refractivity contribution in [2.45, 2.75) is 110 Å². The van der Waals surface area contributed by atoms with Crippen LogP contribution in [0.1, 0.15) is 116 Å². The van der Waals surface area contributed by atoms with Crippen molar-refractivity contribution >= 4 is 0 Å². The summed E-state index contributed by atoms with van der Waals surface area (Å²) in [5.74, 6) is 1.56. The molecule has 2 unspecified atom stereocenters. The highest BCUT2D eigenvalue weighted by atomic mass is 15.3. The molecule has 0 N–H and O–H groups in total. The Bertz CT molecular complexity index is 494. The van der Waals surface area contributed by atoms with E-state index < -0.39 is 0 Å². The Labute approximate surface area is 168 Å². The normalized spacial score (nSPS) is 19.7. The molecule has 0 radical (unpaired) electrons. The van der Waals surface area contributed by atoms with Crippen LogP contribution in [0.3, 0.4) is 0 Å². The molecule has 1 saturated heterocycles. The molecular weight excluding hydrogens is 330 g/mol. The van der Waals surface area contributed by atoms with Gasteiger partial charge in [0.1, 0.15) is 0 Å². The first-order valence-corrected chi connectivity index (χ1v) is 11.9. The first-order chi connectivity index (χ1) is 13.1. The van der Waals surface area contributed by atoms with Crippen LogP contribution in [0.2, 0.25) is 0 Å². The molecule has 1 aromatic heterocycles. The standard InChI is InChI=1S/C24H45N3/c1-5-13-22(6-2)23-18-25-27(19-23)24-15-12-17-26(20-24)16-11-9-7-8-10-14-21(3)4/h18-19,21-22,24H,5-17,20H2,1-4H3. The molecule has 1 aliphatic heterocycles. The summed E-state index contributed by atoms with van der Waals surface area (Å²) < 4.78 is 2.28.